The van der Waals surface area contributed by atoms with Crippen molar-refractivity contribution in [2.24, 2.45) is 5.92 Å². The van der Waals surface area contributed by atoms with E-state index in [4.69, 9.17) is 0 Å². The van der Waals surface area contributed by atoms with E-state index in [0.717, 1.165) is 25.2 Å². The molecule has 28 heavy (non-hydrogen) atoms. The van der Waals surface area contributed by atoms with E-state index in [1.807, 2.05) is 29.3 Å². The first-order valence-corrected chi connectivity index (χ1v) is 9.55. The fourth-order valence-corrected chi connectivity index (χ4v) is 3.67. The van der Waals surface area contributed by atoms with Gasteiger partial charge in [0.15, 0.2) is 0 Å². The first-order chi connectivity index (χ1) is 13.8. The van der Waals surface area contributed by atoms with Crippen molar-refractivity contribution in [1.29, 1.82) is 0 Å². The summed E-state index contributed by atoms with van der Waals surface area (Å²) in [6.45, 7) is 3.00. The normalized spacial score (nSPS) is 17.2. The molecule has 6 nitrogen and oxygen atoms in total. The number of para-hydroxylation sites is 1. The Kier molecular flexibility index (Phi) is 5.56. The zero-order valence-electron chi connectivity index (χ0n) is 15.7. The summed E-state index contributed by atoms with van der Waals surface area (Å²) in [6, 6.07) is 15.8. The van der Waals surface area contributed by atoms with E-state index >= 15 is 0 Å². The van der Waals surface area contributed by atoms with Crippen LogP contribution in [0.2, 0.25) is 0 Å². The molecule has 142 valence electrons. The lowest BCUT2D eigenvalue weighted by Crippen LogP contribution is -2.37. The van der Waals surface area contributed by atoms with Crippen molar-refractivity contribution in [2.75, 3.05) is 31.1 Å². The Hall–Kier alpha value is -3.28. The van der Waals surface area contributed by atoms with Crippen molar-refractivity contribution in [1.82, 2.24) is 19.9 Å². The number of benzene rings is 1. The van der Waals surface area contributed by atoms with Gasteiger partial charge in [-0.2, -0.15) is 0 Å². The highest BCUT2D eigenvalue weighted by molar-refractivity contribution is 5.92. The molecule has 1 unspecified atom stereocenters. The second-order valence-electron chi connectivity index (χ2n) is 7.01. The van der Waals surface area contributed by atoms with Crippen LogP contribution in [-0.2, 0) is 6.42 Å². The first kappa shape index (κ1) is 18.1. The average Bonchev–Trinajstić information content (AvgIpc) is 2.98. The third-order valence-electron chi connectivity index (χ3n) is 5.00. The van der Waals surface area contributed by atoms with Crippen molar-refractivity contribution in [2.45, 2.75) is 6.42 Å². The topological polar surface area (TPSA) is 62.2 Å². The number of carbonyl (C=O) groups is 1. The summed E-state index contributed by atoms with van der Waals surface area (Å²) < 4.78 is 0. The molecule has 4 rings (SSSR count). The fourth-order valence-electron chi connectivity index (χ4n) is 3.67. The molecule has 0 radical (unpaired) electrons. The summed E-state index contributed by atoms with van der Waals surface area (Å²) in [4.78, 5) is 30.1. The van der Waals surface area contributed by atoms with Gasteiger partial charge >= 0.3 is 0 Å². The smallest absolute Gasteiger partial charge is 0.272 e. The molecule has 0 aliphatic carbocycles. The Labute approximate surface area is 164 Å². The zero-order chi connectivity index (χ0) is 19.2. The predicted octanol–water partition coefficient (Wildman–Crippen LogP) is 2.69. The van der Waals surface area contributed by atoms with Crippen LogP contribution in [0.15, 0.2) is 73.3 Å². The maximum atomic E-state index is 13.0. The monoisotopic (exact) mass is 373 g/mol. The Balaban J connectivity index is 1.57. The van der Waals surface area contributed by atoms with E-state index in [9.17, 15) is 4.79 Å². The first-order valence-electron chi connectivity index (χ1n) is 9.55. The Morgan fingerprint density at radius 3 is 2.54 bits per heavy atom. The van der Waals surface area contributed by atoms with Crippen LogP contribution < -0.4 is 4.90 Å². The molecule has 3 heterocycles. The molecule has 1 saturated heterocycles. The molecule has 1 amide bonds. The van der Waals surface area contributed by atoms with Gasteiger partial charge in [0.25, 0.3) is 5.91 Å². The third-order valence-corrected chi connectivity index (χ3v) is 5.00. The van der Waals surface area contributed by atoms with Crippen LogP contribution in [-0.4, -0.2) is 51.9 Å². The third kappa shape index (κ3) is 4.34. The second kappa shape index (κ2) is 8.61. The molecule has 0 saturated carbocycles. The summed E-state index contributed by atoms with van der Waals surface area (Å²) >= 11 is 0. The molecule has 3 aromatic rings. The highest BCUT2D eigenvalue weighted by Gasteiger charge is 2.27. The van der Waals surface area contributed by atoms with Crippen LogP contribution >= 0.6 is 0 Å². The summed E-state index contributed by atoms with van der Waals surface area (Å²) in [7, 11) is 0. The van der Waals surface area contributed by atoms with Gasteiger partial charge in [-0.25, -0.2) is 0 Å². The molecule has 6 heteroatoms. The summed E-state index contributed by atoms with van der Waals surface area (Å²) in [5.41, 5.74) is 2.63. The van der Waals surface area contributed by atoms with Gasteiger partial charge in [0.1, 0.15) is 5.69 Å². The van der Waals surface area contributed by atoms with Gasteiger partial charge in [0.2, 0.25) is 0 Å². The molecular weight excluding hydrogens is 350 g/mol. The highest BCUT2D eigenvalue weighted by atomic mass is 16.2. The summed E-state index contributed by atoms with van der Waals surface area (Å²) in [6.07, 6.45) is 7.66. The molecule has 1 aliphatic rings. The molecular formula is C22H23N5O. The minimum absolute atomic E-state index is 0.0142. The lowest BCUT2D eigenvalue weighted by Gasteiger charge is -2.25. The molecule has 1 fully saturated rings. The Morgan fingerprint density at radius 1 is 0.929 bits per heavy atom. The van der Waals surface area contributed by atoms with E-state index < -0.39 is 0 Å². The fraction of sp³-hybridized carbons (Fsp3) is 0.273. The van der Waals surface area contributed by atoms with Gasteiger partial charge in [0.05, 0.1) is 5.69 Å². The van der Waals surface area contributed by atoms with E-state index in [1.165, 1.54) is 5.69 Å². The second-order valence-corrected chi connectivity index (χ2v) is 7.01. The summed E-state index contributed by atoms with van der Waals surface area (Å²) in [5.74, 6) is 0.242. The van der Waals surface area contributed by atoms with E-state index in [1.54, 1.807) is 24.7 Å². The lowest BCUT2D eigenvalue weighted by atomic mass is 10.0. The SMILES string of the molecule is O=C(c1ccccn1)N1CCN(c2ccccc2)CC(Cc2cnccn2)C1. The maximum Gasteiger partial charge on any atom is 0.272 e. The molecule has 1 aromatic carbocycles. The van der Waals surface area contributed by atoms with Crippen LogP contribution in [0.4, 0.5) is 5.69 Å². The minimum Gasteiger partial charge on any atom is -0.369 e. The zero-order valence-corrected chi connectivity index (χ0v) is 15.7. The van der Waals surface area contributed by atoms with Crippen LogP contribution in [0.1, 0.15) is 16.2 Å². The maximum absolute atomic E-state index is 13.0. The number of nitrogens with zero attached hydrogens (tertiary/aromatic N) is 5. The van der Waals surface area contributed by atoms with Crippen molar-refractivity contribution in [3.8, 4) is 0 Å². The van der Waals surface area contributed by atoms with E-state index in [0.29, 0.717) is 18.8 Å². The van der Waals surface area contributed by atoms with Crippen LogP contribution in [0.25, 0.3) is 0 Å². The molecule has 2 aromatic heterocycles. The minimum atomic E-state index is -0.0142. The molecule has 1 aliphatic heterocycles. The van der Waals surface area contributed by atoms with Crippen LogP contribution in [0, 0.1) is 5.92 Å². The Bertz CT molecular complexity index is 889. The number of amides is 1. The molecule has 1 atom stereocenters. The van der Waals surface area contributed by atoms with Crippen molar-refractivity contribution >= 4 is 11.6 Å². The lowest BCUT2D eigenvalue weighted by molar-refractivity contribution is 0.0741. The highest BCUT2D eigenvalue weighted by Crippen LogP contribution is 2.21. The van der Waals surface area contributed by atoms with E-state index in [-0.39, 0.29) is 11.8 Å². The van der Waals surface area contributed by atoms with Gasteiger partial charge in [-0.15, -0.1) is 0 Å². The van der Waals surface area contributed by atoms with Crippen molar-refractivity contribution < 1.29 is 4.79 Å². The summed E-state index contributed by atoms with van der Waals surface area (Å²) in [5, 5.41) is 0. The number of hydrogen-bond acceptors (Lipinski definition) is 5. The average molecular weight is 373 g/mol. The van der Waals surface area contributed by atoms with Crippen molar-refractivity contribution in [3.63, 3.8) is 0 Å². The number of hydrogen-bond donors (Lipinski definition) is 0. The van der Waals surface area contributed by atoms with Gasteiger partial charge in [0, 0.05) is 56.7 Å². The van der Waals surface area contributed by atoms with E-state index in [2.05, 4.69) is 44.1 Å². The van der Waals surface area contributed by atoms with Gasteiger partial charge in [-0.3, -0.25) is 19.7 Å². The number of rotatable bonds is 4. The predicted molar refractivity (Wildman–Crippen MR) is 108 cm³/mol. The molecule has 0 N–H and O–H groups in total. The van der Waals surface area contributed by atoms with Crippen molar-refractivity contribution in [3.05, 3.63) is 84.7 Å². The molecule has 0 spiro atoms. The largest absolute Gasteiger partial charge is 0.369 e. The van der Waals surface area contributed by atoms with Crippen LogP contribution in [0.5, 0.6) is 0 Å². The van der Waals surface area contributed by atoms with Gasteiger partial charge in [-0.05, 0) is 36.6 Å². The quantitative estimate of drug-likeness (QED) is 0.704. The molecule has 0 bridgehead atoms. The number of anilines is 1. The number of aromatic nitrogens is 3. The standard InChI is InChI=1S/C22H23N5O/c28-22(21-8-4-5-9-25-21)27-13-12-26(20-6-2-1-3-7-20)16-18(17-27)14-19-15-23-10-11-24-19/h1-11,15,18H,12-14,16-17H2. The Morgan fingerprint density at radius 2 is 1.79 bits per heavy atom. The van der Waals surface area contributed by atoms with Gasteiger partial charge < -0.3 is 9.80 Å². The number of pyridine rings is 1. The van der Waals surface area contributed by atoms with Crippen LogP contribution in [0.3, 0.4) is 0 Å². The van der Waals surface area contributed by atoms with Gasteiger partial charge in [-0.1, -0.05) is 24.3 Å². The number of carbonyl (C=O) groups excluding carboxylic acids is 1.